The Morgan fingerprint density at radius 3 is 2.70 bits per heavy atom. The van der Waals surface area contributed by atoms with Crippen molar-refractivity contribution in [3.05, 3.63) is 30.1 Å². The molecule has 1 saturated heterocycles. The Hall–Kier alpha value is -1.80. The zero-order valence-corrected chi connectivity index (χ0v) is 14.4. The number of nitrogens with zero attached hydrogens (tertiary/aromatic N) is 5. The van der Waals surface area contributed by atoms with E-state index in [1.54, 1.807) is 22.9 Å². The Labute approximate surface area is 136 Å². The number of aryl methyl sites for hydroxylation is 1. The van der Waals surface area contributed by atoms with Crippen LogP contribution < -0.4 is 0 Å². The SMILES string of the molecule is Cc1ncc(-c2cncc(CC3CCN(S(C)(=O)=O)C3)n2)n1C. The van der Waals surface area contributed by atoms with Crippen LogP contribution >= 0.6 is 0 Å². The Kier molecular flexibility index (Phi) is 4.20. The summed E-state index contributed by atoms with van der Waals surface area (Å²) in [6.45, 7) is 3.10. The molecule has 1 fully saturated rings. The van der Waals surface area contributed by atoms with Gasteiger partial charge in [0.25, 0.3) is 0 Å². The van der Waals surface area contributed by atoms with Crippen LogP contribution in [0.4, 0.5) is 0 Å². The van der Waals surface area contributed by atoms with Gasteiger partial charge in [-0.1, -0.05) is 0 Å². The van der Waals surface area contributed by atoms with E-state index in [-0.39, 0.29) is 0 Å². The summed E-state index contributed by atoms with van der Waals surface area (Å²) in [5.41, 5.74) is 2.62. The zero-order valence-electron chi connectivity index (χ0n) is 13.6. The molecule has 7 nitrogen and oxygen atoms in total. The molecule has 3 heterocycles. The molecule has 0 bridgehead atoms. The van der Waals surface area contributed by atoms with E-state index in [0.717, 1.165) is 35.7 Å². The molecule has 1 unspecified atom stereocenters. The molecule has 0 saturated carbocycles. The maximum Gasteiger partial charge on any atom is 0.211 e. The number of sulfonamides is 1. The first kappa shape index (κ1) is 16.1. The molecule has 8 heteroatoms. The summed E-state index contributed by atoms with van der Waals surface area (Å²) in [4.78, 5) is 13.2. The molecule has 3 rings (SSSR count). The van der Waals surface area contributed by atoms with E-state index in [9.17, 15) is 8.42 Å². The smallest absolute Gasteiger partial charge is 0.211 e. The highest BCUT2D eigenvalue weighted by molar-refractivity contribution is 7.88. The standard InChI is InChI=1S/C15H21N5O2S/c1-11-17-9-15(19(11)2)14-8-16-7-13(18-14)6-12-4-5-20(10-12)23(3,21)22/h7-9,12H,4-6,10H2,1-3H3. The minimum absolute atomic E-state index is 0.294. The molecule has 0 N–H and O–H groups in total. The van der Waals surface area contributed by atoms with Gasteiger partial charge in [0, 0.05) is 26.3 Å². The minimum Gasteiger partial charge on any atom is -0.330 e. The van der Waals surface area contributed by atoms with Gasteiger partial charge in [-0.25, -0.2) is 22.7 Å². The van der Waals surface area contributed by atoms with Gasteiger partial charge in [0.05, 0.1) is 30.0 Å². The summed E-state index contributed by atoms with van der Waals surface area (Å²) in [7, 11) is -1.14. The predicted molar refractivity (Wildman–Crippen MR) is 87.2 cm³/mol. The summed E-state index contributed by atoms with van der Waals surface area (Å²) < 4.78 is 26.7. The van der Waals surface area contributed by atoms with Crippen molar-refractivity contribution < 1.29 is 8.42 Å². The molecule has 1 aliphatic heterocycles. The number of hydrogen-bond acceptors (Lipinski definition) is 5. The van der Waals surface area contributed by atoms with Gasteiger partial charge in [-0.15, -0.1) is 0 Å². The van der Waals surface area contributed by atoms with Gasteiger partial charge in [-0.3, -0.25) is 4.98 Å². The highest BCUT2D eigenvalue weighted by atomic mass is 32.2. The molecule has 0 aromatic carbocycles. The third-order valence-corrected chi connectivity index (χ3v) is 5.65. The highest BCUT2D eigenvalue weighted by Gasteiger charge is 2.28. The van der Waals surface area contributed by atoms with Crippen molar-refractivity contribution >= 4 is 10.0 Å². The first-order valence-corrected chi connectivity index (χ1v) is 9.44. The molecule has 2 aromatic rings. The van der Waals surface area contributed by atoms with Gasteiger partial charge >= 0.3 is 0 Å². The lowest BCUT2D eigenvalue weighted by atomic mass is 10.0. The van der Waals surface area contributed by atoms with Crippen LogP contribution in [0.3, 0.4) is 0 Å². The molecule has 0 aliphatic carbocycles. The van der Waals surface area contributed by atoms with Crippen molar-refractivity contribution in [1.82, 2.24) is 23.8 Å². The van der Waals surface area contributed by atoms with Crippen molar-refractivity contribution in [3.63, 3.8) is 0 Å². The van der Waals surface area contributed by atoms with Crippen LogP contribution in [0.25, 0.3) is 11.4 Å². The van der Waals surface area contributed by atoms with Crippen molar-refractivity contribution in [2.75, 3.05) is 19.3 Å². The number of rotatable bonds is 4. The molecule has 23 heavy (non-hydrogen) atoms. The van der Waals surface area contributed by atoms with Gasteiger partial charge in [0.15, 0.2) is 0 Å². The first-order chi connectivity index (χ1) is 10.8. The molecular formula is C15H21N5O2S. The molecule has 124 valence electrons. The van der Waals surface area contributed by atoms with Crippen molar-refractivity contribution in [2.45, 2.75) is 19.8 Å². The molecule has 0 radical (unpaired) electrons. The lowest BCUT2D eigenvalue weighted by molar-refractivity contribution is 0.459. The summed E-state index contributed by atoms with van der Waals surface area (Å²) in [5.74, 6) is 1.22. The maximum absolute atomic E-state index is 11.6. The van der Waals surface area contributed by atoms with E-state index in [0.29, 0.717) is 19.0 Å². The van der Waals surface area contributed by atoms with Gasteiger partial charge in [0.2, 0.25) is 10.0 Å². The topological polar surface area (TPSA) is 81.0 Å². The molecule has 1 aliphatic rings. The monoisotopic (exact) mass is 335 g/mol. The molecular weight excluding hydrogens is 314 g/mol. The Morgan fingerprint density at radius 1 is 1.30 bits per heavy atom. The molecule has 0 spiro atoms. The summed E-state index contributed by atoms with van der Waals surface area (Å²) in [5, 5.41) is 0. The Morgan fingerprint density at radius 2 is 2.09 bits per heavy atom. The summed E-state index contributed by atoms with van der Waals surface area (Å²) in [6.07, 6.45) is 8.16. The van der Waals surface area contributed by atoms with Gasteiger partial charge < -0.3 is 4.57 Å². The van der Waals surface area contributed by atoms with Crippen molar-refractivity contribution in [2.24, 2.45) is 13.0 Å². The fraction of sp³-hybridized carbons (Fsp3) is 0.533. The Bertz CT molecular complexity index is 815. The van der Waals surface area contributed by atoms with Gasteiger partial charge in [-0.2, -0.15) is 0 Å². The zero-order chi connectivity index (χ0) is 16.6. The second-order valence-corrected chi connectivity index (χ2v) is 8.11. The van der Waals surface area contributed by atoms with Crippen LogP contribution in [-0.4, -0.2) is 51.6 Å². The average molecular weight is 335 g/mol. The van der Waals surface area contributed by atoms with Crippen LogP contribution in [0.15, 0.2) is 18.6 Å². The van der Waals surface area contributed by atoms with Crippen LogP contribution in [-0.2, 0) is 23.5 Å². The minimum atomic E-state index is -3.10. The maximum atomic E-state index is 11.6. The predicted octanol–water partition coefficient (Wildman–Crippen LogP) is 1.01. The fourth-order valence-electron chi connectivity index (χ4n) is 2.93. The number of imidazole rings is 1. The average Bonchev–Trinajstić information content (AvgIpc) is 3.07. The van der Waals surface area contributed by atoms with E-state index in [4.69, 9.17) is 0 Å². The van der Waals surface area contributed by atoms with E-state index >= 15 is 0 Å². The quantitative estimate of drug-likeness (QED) is 0.833. The van der Waals surface area contributed by atoms with E-state index in [2.05, 4.69) is 15.0 Å². The molecule has 1 atom stereocenters. The Balaban J connectivity index is 1.75. The highest BCUT2D eigenvalue weighted by Crippen LogP contribution is 2.23. The second kappa shape index (κ2) is 6.01. The van der Waals surface area contributed by atoms with Crippen LogP contribution in [0.2, 0.25) is 0 Å². The second-order valence-electron chi connectivity index (χ2n) is 6.13. The van der Waals surface area contributed by atoms with Crippen LogP contribution in [0, 0.1) is 12.8 Å². The third-order valence-electron chi connectivity index (χ3n) is 4.38. The lowest BCUT2D eigenvalue weighted by Gasteiger charge is -2.13. The largest absolute Gasteiger partial charge is 0.330 e. The third kappa shape index (κ3) is 3.42. The molecule has 2 aromatic heterocycles. The first-order valence-electron chi connectivity index (χ1n) is 7.59. The summed E-state index contributed by atoms with van der Waals surface area (Å²) in [6, 6.07) is 0. The number of hydrogen-bond donors (Lipinski definition) is 0. The molecule has 0 amide bonds. The van der Waals surface area contributed by atoms with Gasteiger partial charge in [-0.05, 0) is 25.7 Å². The normalized spacial score (nSPS) is 19.3. The van der Waals surface area contributed by atoms with Crippen LogP contribution in [0.5, 0.6) is 0 Å². The van der Waals surface area contributed by atoms with Crippen molar-refractivity contribution in [1.29, 1.82) is 0 Å². The fourth-order valence-corrected chi connectivity index (χ4v) is 3.85. The van der Waals surface area contributed by atoms with Gasteiger partial charge in [0.1, 0.15) is 11.5 Å². The van der Waals surface area contributed by atoms with E-state index in [1.807, 2.05) is 18.5 Å². The number of aromatic nitrogens is 4. The van der Waals surface area contributed by atoms with Crippen molar-refractivity contribution in [3.8, 4) is 11.4 Å². The van der Waals surface area contributed by atoms with E-state index < -0.39 is 10.0 Å². The van der Waals surface area contributed by atoms with E-state index in [1.165, 1.54) is 6.26 Å². The van der Waals surface area contributed by atoms with Crippen LogP contribution in [0.1, 0.15) is 17.9 Å². The summed E-state index contributed by atoms with van der Waals surface area (Å²) >= 11 is 0. The lowest BCUT2D eigenvalue weighted by Crippen LogP contribution is -2.27.